The van der Waals surface area contributed by atoms with E-state index in [1.807, 2.05) is 0 Å². The van der Waals surface area contributed by atoms with Crippen molar-refractivity contribution < 1.29 is 12.6 Å². The molecule has 0 saturated heterocycles. The van der Waals surface area contributed by atoms with E-state index in [1.165, 1.54) is 39.2 Å². The van der Waals surface area contributed by atoms with Gasteiger partial charge in [0, 0.05) is 24.8 Å². The van der Waals surface area contributed by atoms with Crippen molar-refractivity contribution in [3.63, 3.8) is 0 Å². The minimum absolute atomic E-state index is 0.0274. The molecule has 0 fully saturated rings. The topological polar surface area (TPSA) is 87.4 Å². The van der Waals surface area contributed by atoms with Crippen LogP contribution in [-0.2, 0) is 24.2 Å². The van der Waals surface area contributed by atoms with Crippen molar-refractivity contribution in [2.75, 3.05) is 0 Å². The maximum absolute atomic E-state index is 12.5. The van der Waals surface area contributed by atoms with E-state index in [-0.39, 0.29) is 16.5 Å². The highest BCUT2D eigenvalue weighted by atomic mass is 35.5. The molecule has 2 rings (SSSR count). The zero-order valence-corrected chi connectivity index (χ0v) is 14.7. The van der Waals surface area contributed by atoms with Crippen molar-refractivity contribution in [3.05, 3.63) is 54.8 Å². The Balaban J connectivity index is 2.66. The fourth-order valence-electron chi connectivity index (χ4n) is 1.91. The molecule has 0 aliphatic heterocycles. The van der Waals surface area contributed by atoms with Gasteiger partial charge in [-0.05, 0) is 25.1 Å². The Bertz CT molecular complexity index is 1010. The summed E-state index contributed by atoms with van der Waals surface area (Å²) < 4.78 is 31.6. The van der Waals surface area contributed by atoms with E-state index < -0.39 is 26.3 Å². The second-order valence-electron chi connectivity index (χ2n) is 4.73. The second-order valence-corrected chi connectivity index (χ2v) is 7.06. The summed E-state index contributed by atoms with van der Waals surface area (Å²) in [4.78, 5) is 23.3. The minimum atomic E-state index is -4.49. The van der Waals surface area contributed by atoms with Crippen LogP contribution in [0.3, 0.4) is 0 Å². The summed E-state index contributed by atoms with van der Waals surface area (Å²) in [5, 5.41) is 0.273. The maximum atomic E-state index is 12.5. The van der Waals surface area contributed by atoms with Gasteiger partial charge in [-0.15, -0.1) is 0 Å². The lowest BCUT2D eigenvalue weighted by Crippen LogP contribution is -2.41. The molecule has 0 aliphatic rings. The summed E-state index contributed by atoms with van der Waals surface area (Å²) in [6.07, 6.45) is 0. The van der Waals surface area contributed by atoms with Gasteiger partial charge in [-0.1, -0.05) is 23.2 Å². The van der Waals surface area contributed by atoms with Gasteiger partial charge in [0.1, 0.15) is 0 Å². The maximum Gasteiger partial charge on any atom is 0.346 e. The average Bonchev–Trinajstić information content (AvgIpc) is 2.46. The molecular formula is C13H12Cl2N2O5S. The van der Waals surface area contributed by atoms with Gasteiger partial charge in [0.2, 0.25) is 0 Å². The van der Waals surface area contributed by atoms with Crippen molar-refractivity contribution in [2.45, 2.75) is 11.8 Å². The van der Waals surface area contributed by atoms with Gasteiger partial charge in [0.05, 0.1) is 5.02 Å². The highest BCUT2D eigenvalue weighted by Crippen LogP contribution is 2.29. The van der Waals surface area contributed by atoms with E-state index in [9.17, 15) is 18.0 Å². The Hall–Kier alpha value is -1.77. The molecule has 0 atom stereocenters. The predicted molar refractivity (Wildman–Crippen MR) is 85.9 cm³/mol. The monoisotopic (exact) mass is 378 g/mol. The Labute approximate surface area is 141 Å². The highest BCUT2D eigenvalue weighted by Gasteiger charge is 2.28. The van der Waals surface area contributed by atoms with Crippen LogP contribution in [0, 0.1) is 6.92 Å². The predicted octanol–water partition coefficient (Wildman–Crippen LogP) is 1.47. The standard InChI is InChI=1S/C13H12Cl2N2O5S/c1-7-11(12(18)17(3)13(19)16(7)2)23(20,21)22-10-5-4-8(14)6-9(10)15/h4-6H,1-3H3. The van der Waals surface area contributed by atoms with Crippen molar-refractivity contribution in [2.24, 2.45) is 14.1 Å². The van der Waals surface area contributed by atoms with Gasteiger partial charge in [-0.25, -0.2) is 4.79 Å². The van der Waals surface area contributed by atoms with Crippen molar-refractivity contribution in [1.29, 1.82) is 0 Å². The smallest absolute Gasteiger partial charge is 0.346 e. The van der Waals surface area contributed by atoms with Gasteiger partial charge in [0.15, 0.2) is 10.6 Å². The molecule has 1 aromatic carbocycles. The van der Waals surface area contributed by atoms with Crippen LogP contribution in [0.4, 0.5) is 0 Å². The lowest BCUT2D eigenvalue weighted by atomic mass is 10.3. The van der Waals surface area contributed by atoms with E-state index >= 15 is 0 Å². The van der Waals surface area contributed by atoms with E-state index in [2.05, 4.69) is 0 Å². The van der Waals surface area contributed by atoms with Crippen LogP contribution in [-0.4, -0.2) is 17.6 Å². The van der Waals surface area contributed by atoms with E-state index in [0.29, 0.717) is 9.59 Å². The third-order valence-corrected chi connectivity index (χ3v) is 5.15. The van der Waals surface area contributed by atoms with Gasteiger partial charge >= 0.3 is 15.8 Å². The van der Waals surface area contributed by atoms with E-state index in [1.54, 1.807) is 0 Å². The molecule has 0 aliphatic carbocycles. The van der Waals surface area contributed by atoms with E-state index in [4.69, 9.17) is 27.4 Å². The zero-order chi connectivity index (χ0) is 17.5. The fourth-order valence-corrected chi connectivity index (χ4v) is 3.71. The Morgan fingerprint density at radius 2 is 1.70 bits per heavy atom. The quantitative estimate of drug-likeness (QED) is 0.754. The van der Waals surface area contributed by atoms with Gasteiger partial charge in [-0.2, -0.15) is 8.42 Å². The summed E-state index contributed by atoms with van der Waals surface area (Å²) >= 11 is 11.6. The molecule has 2 aromatic rings. The summed E-state index contributed by atoms with van der Waals surface area (Å²) in [5.74, 6) is -0.175. The number of benzene rings is 1. The highest BCUT2D eigenvalue weighted by molar-refractivity contribution is 7.87. The molecule has 1 aromatic heterocycles. The minimum Gasteiger partial charge on any atom is -0.377 e. The Morgan fingerprint density at radius 1 is 1.09 bits per heavy atom. The summed E-state index contributed by atoms with van der Waals surface area (Å²) in [7, 11) is -1.96. The van der Waals surface area contributed by atoms with Gasteiger partial charge in [-0.3, -0.25) is 13.9 Å². The largest absolute Gasteiger partial charge is 0.377 e. The van der Waals surface area contributed by atoms with Crippen molar-refractivity contribution in [1.82, 2.24) is 9.13 Å². The molecule has 23 heavy (non-hydrogen) atoms. The number of hydrogen-bond acceptors (Lipinski definition) is 5. The zero-order valence-electron chi connectivity index (χ0n) is 12.3. The SMILES string of the molecule is Cc1c(S(=O)(=O)Oc2ccc(Cl)cc2Cl)c(=O)n(C)c(=O)n1C. The van der Waals surface area contributed by atoms with Crippen molar-refractivity contribution >= 4 is 33.3 Å². The molecule has 0 spiro atoms. The number of hydrogen-bond donors (Lipinski definition) is 0. The average molecular weight is 379 g/mol. The molecular weight excluding hydrogens is 367 g/mol. The van der Waals surface area contributed by atoms with Crippen molar-refractivity contribution in [3.8, 4) is 5.75 Å². The first kappa shape index (κ1) is 17.6. The number of rotatable bonds is 3. The number of nitrogens with zero attached hydrogens (tertiary/aromatic N) is 2. The van der Waals surface area contributed by atoms with Crippen LogP contribution < -0.4 is 15.4 Å². The van der Waals surface area contributed by atoms with Crippen LogP contribution in [0.2, 0.25) is 10.0 Å². The molecule has 0 radical (unpaired) electrons. The molecule has 124 valence electrons. The molecule has 1 heterocycles. The Morgan fingerprint density at radius 3 is 2.26 bits per heavy atom. The first-order valence-electron chi connectivity index (χ1n) is 6.22. The van der Waals surface area contributed by atoms with Crippen LogP contribution in [0.5, 0.6) is 5.75 Å². The van der Waals surface area contributed by atoms with Crippen LogP contribution in [0.1, 0.15) is 5.69 Å². The second kappa shape index (κ2) is 6.03. The molecule has 0 N–H and O–H groups in total. The third-order valence-electron chi connectivity index (χ3n) is 3.25. The summed E-state index contributed by atoms with van der Waals surface area (Å²) in [6, 6.07) is 3.97. The first-order chi connectivity index (χ1) is 10.6. The number of halogens is 2. The molecule has 0 amide bonds. The Kier molecular flexibility index (Phi) is 4.61. The molecule has 0 saturated carbocycles. The normalized spacial score (nSPS) is 11.5. The summed E-state index contributed by atoms with van der Waals surface area (Å²) in [5.41, 5.74) is -1.66. The van der Waals surface area contributed by atoms with E-state index in [0.717, 1.165) is 4.57 Å². The summed E-state index contributed by atoms with van der Waals surface area (Å²) in [6.45, 7) is 1.34. The van der Waals surface area contributed by atoms with Crippen LogP contribution >= 0.6 is 23.2 Å². The van der Waals surface area contributed by atoms with Crippen LogP contribution in [0.25, 0.3) is 0 Å². The molecule has 0 unspecified atom stereocenters. The third kappa shape index (κ3) is 3.15. The lowest BCUT2D eigenvalue weighted by molar-refractivity contribution is 0.478. The first-order valence-corrected chi connectivity index (χ1v) is 8.39. The molecule has 10 heteroatoms. The van der Waals surface area contributed by atoms with Gasteiger partial charge in [0.25, 0.3) is 5.56 Å². The lowest BCUT2D eigenvalue weighted by Gasteiger charge is -2.13. The fraction of sp³-hybridized carbons (Fsp3) is 0.231. The van der Waals surface area contributed by atoms with Gasteiger partial charge < -0.3 is 4.18 Å². The molecule has 0 bridgehead atoms. The van der Waals surface area contributed by atoms with Crippen LogP contribution in [0.15, 0.2) is 32.7 Å². The number of aromatic nitrogens is 2. The molecule has 7 nitrogen and oxygen atoms in total.